The zero-order chi connectivity index (χ0) is 23.5. The number of aryl methyl sites for hydroxylation is 1. The van der Waals surface area contributed by atoms with Crippen LogP contribution in [0, 0.1) is 35.0 Å². The van der Waals surface area contributed by atoms with Crippen LogP contribution in [0.3, 0.4) is 0 Å². The van der Waals surface area contributed by atoms with Crippen LogP contribution in [0.2, 0.25) is 0 Å². The molecule has 0 unspecified atom stereocenters. The number of hydrogen-bond donors (Lipinski definition) is 0. The first-order valence-corrected chi connectivity index (χ1v) is 10.8. The van der Waals surface area contributed by atoms with E-state index < -0.39 is 47.4 Å². The summed E-state index contributed by atoms with van der Waals surface area (Å²) in [6, 6.07) is 3.98. The standard InChI is InChI=1S/C24H25F7O/c1-2-3-16-8-9-18(22(28)21(16)27)15-6-4-14(5-7-15)10-11-24(30,31)32-17-12-19(25)23(29)20(26)13-17/h8-9,12-15H,2-7,10-11H2,1H3. The van der Waals surface area contributed by atoms with Crippen LogP contribution in [0.25, 0.3) is 0 Å². The monoisotopic (exact) mass is 462 g/mol. The molecule has 1 nitrogen and oxygen atoms in total. The van der Waals surface area contributed by atoms with E-state index >= 15 is 0 Å². The number of rotatable bonds is 8. The summed E-state index contributed by atoms with van der Waals surface area (Å²) in [5.74, 6) is -7.63. The second-order valence-corrected chi connectivity index (χ2v) is 8.39. The molecule has 0 spiro atoms. The topological polar surface area (TPSA) is 9.23 Å². The highest BCUT2D eigenvalue weighted by Gasteiger charge is 2.34. The first kappa shape index (κ1) is 24.4. The van der Waals surface area contributed by atoms with Gasteiger partial charge in [0, 0.05) is 12.1 Å². The number of halogens is 7. The molecule has 0 amide bonds. The lowest BCUT2D eigenvalue weighted by molar-refractivity contribution is -0.183. The predicted molar refractivity (Wildman–Crippen MR) is 106 cm³/mol. The number of ether oxygens (including phenoxy) is 1. The van der Waals surface area contributed by atoms with Gasteiger partial charge in [-0.05, 0) is 61.5 Å². The maximum atomic E-state index is 14.5. The summed E-state index contributed by atoms with van der Waals surface area (Å²) < 4.78 is 101. The van der Waals surface area contributed by atoms with Gasteiger partial charge in [-0.2, -0.15) is 8.78 Å². The van der Waals surface area contributed by atoms with Crippen LogP contribution in [0.15, 0.2) is 24.3 Å². The van der Waals surface area contributed by atoms with Gasteiger partial charge in [-0.1, -0.05) is 25.5 Å². The average molecular weight is 462 g/mol. The lowest BCUT2D eigenvalue weighted by atomic mass is 9.77. The highest BCUT2D eigenvalue weighted by molar-refractivity contribution is 5.29. The van der Waals surface area contributed by atoms with Gasteiger partial charge in [0.25, 0.3) is 0 Å². The van der Waals surface area contributed by atoms with Crippen LogP contribution < -0.4 is 4.74 Å². The van der Waals surface area contributed by atoms with Gasteiger partial charge in [0.15, 0.2) is 29.1 Å². The Morgan fingerprint density at radius 1 is 0.875 bits per heavy atom. The largest absolute Gasteiger partial charge is 0.432 e. The highest BCUT2D eigenvalue weighted by atomic mass is 19.3. The molecule has 0 aromatic heterocycles. The van der Waals surface area contributed by atoms with Gasteiger partial charge in [-0.25, -0.2) is 22.0 Å². The molecule has 176 valence electrons. The third kappa shape index (κ3) is 5.75. The maximum Gasteiger partial charge on any atom is 0.397 e. The third-order valence-electron chi connectivity index (χ3n) is 6.07. The van der Waals surface area contributed by atoms with Crippen molar-refractivity contribution < 1.29 is 35.5 Å². The summed E-state index contributed by atoms with van der Waals surface area (Å²) in [6.45, 7) is 1.89. The quantitative estimate of drug-likeness (QED) is 0.285. The molecule has 0 radical (unpaired) electrons. The van der Waals surface area contributed by atoms with E-state index in [1.807, 2.05) is 6.92 Å². The Labute approximate surface area is 182 Å². The molecule has 3 rings (SSSR count). The van der Waals surface area contributed by atoms with Gasteiger partial charge < -0.3 is 4.74 Å². The third-order valence-corrected chi connectivity index (χ3v) is 6.07. The van der Waals surface area contributed by atoms with E-state index in [2.05, 4.69) is 4.74 Å². The molecule has 0 bridgehead atoms. The summed E-state index contributed by atoms with van der Waals surface area (Å²) in [5, 5.41) is 0. The van der Waals surface area contributed by atoms with Gasteiger partial charge in [0.2, 0.25) is 0 Å². The van der Waals surface area contributed by atoms with E-state index in [9.17, 15) is 30.7 Å². The molecule has 1 aliphatic rings. The fourth-order valence-corrected chi connectivity index (χ4v) is 4.33. The summed E-state index contributed by atoms with van der Waals surface area (Å²) in [7, 11) is 0. The fourth-order valence-electron chi connectivity index (χ4n) is 4.33. The van der Waals surface area contributed by atoms with Crippen molar-refractivity contribution in [3.05, 3.63) is 64.5 Å². The van der Waals surface area contributed by atoms with Crippen LogP contribution >= 0.6 is 0 Å². The molecule has 0 saturated heterocycles. The van der Waals surface area contributed by atoms with E-state index in [-0.39, 0.29) is 18.3 Å². The van der Waals surface area contributed by atoms with E-state index in [1.165, 1.54) is 0 Å². The van der Waals surface area contributed by atoms with Crippen molar-refractivity contribution in [1.29, 1.82) is 0 Å². The molecular weight excluding hydrogens is 437 g/mol. The lowest BCUT2D eigenvalue weighted by Gasteiger charge is -2.30. The molecule has 1 fully saturated rings. The summed E-state index contributed by atoms with van der Waals surface area (Å²) >= 11 is 0. The molecule has 1 aliphatic carbocycles. The second kappa shape index (κ2) is 10.1. The molecule has 0 N–H and O–H groups in total. The molecule has 0 aliphatic heterocycles. The minimum Gasteiger partial charge on any atom is -0.432 e. The van der Waals surface area contributed by atoms with Gasteiger partial charge in [-0.3, -0.25) is 0 Å². The minimum absolute atomic E-state index is 0.0605. The Hall–Kier alpha value is -2.25. The summed E-state index contributed by atoms with van der Waals surface area (Å²) in [4.78, 5) is 0. The number of benzene rings is 2. The van der Waals surface area contributed by atoms with Crippen molar-refractivity contribution in [2.45, 2.75) is 70.3 Å². The zero-order valence-corrected chi connectivity index (χ0v) is 17.7. The molecule has 1 saturated carbocycles. The van der Waals surface area contributed by atoms with E-state index in [1.54, 1.807) is 12.1 Å². The molecule has 32 heavy (non-hydrogen) atoms. The van der Waals surface area contributed by atoms with E-state index in [0.717, 1.165) is 0 Å². The van der Waals surface area contributed by atoms with Gasteiger partial charge in [0.05, 0.1) is 6.42 Å². The molecular formula is C24H25F7O. The second-order valence-electron chi connectivity index (χ2n) is 8.39. The Kier molecular flexibility index (Phi) is 7.72. The normalized spacial score (nSPS) is 19.2. The van der Waals surface area contributed by atoms with Crippen LogP contribution in [-0.4, -0.2) is 6.11 Å². The van der Waals surface area contributed by atoms with E-state index in [4.69, 9.17) is 0 Å². The van der Waals surface area contributed by atoms with Crippen molar-refractivity contribution in [2.24, 2.45) is 5.92 Å². The van der Waals surface area contributed by atoms with Crippen LogP contribution in [0.5, 0.6) is 5.75 Å². The van der Waals surface area contributed by atoms with Crippen LogP contribution in [0.1, 0.15) is 68.9 Å². The lowest BCUT2D eigenvalue weighted by Crippen LogP contribution is -2.26. The Morgan fingerprint density at radius 3 is 2.09 bits per heavy atom. The van der Waals surface area contributed by atoms with Crippen LogP contribution in [0.4, 0.5) is 30.7 Å². The molecule has 8 heteroatoms. The molecule has 2 aromatic carbocycles. The predicted octanol–water partition coefficient (Wildman–Crippen LogP) is 8.06. The van der Waals surface area contributed by atoms with Gasteiger partial charge in [0.1, 0.15) is 5.75 Å². The van der Waals surface area contributed by atoms with Crippen LogP contribution in [-0.2, 0) is 6.42 Å². The summed E-state index contributed by atoms with van der Waals surface area (Å²) in [6.07, 6.45) is -0.863. The highest BCUT2D eigenvalue weighted by Crippen LogP contribution is 2.40. The SMILES string of the molecule is CCCc1ccc(C2CCC(CCC(F)(F)Oc3cc(F)c(F)c(F)c3)CC2)c(F)c1F. The van der Waals surface area contributed by atoms with Crippen molar-refractivity contribution in [3.8, 4) is 5.75 Å². The maximum absolute atomic E-state index is 14.5. The Balaban J connectivity index is 1.53. The number of alkyl halides is 2. The van der Waals surface area contributed by atoms with Crippen molar-refractivity contribution in [1.82, 2.24) is 0 Å². The average Bonchev–Trinajstić information content (AvgIpc) is 2.74. The van der Waals surface area contributed by atoms with Gasteiger partial charge >= 0.3 is 6.11 Å². The Bertz CT molecular complexity index is 913. The minimum atomic E-state index is -3.68. The first-order chi connectivity index (χ1) is 15.1. The van der Waals surface area contributed by atoms with E-state index in [0.29, 0.717) is 61.8 Å². The molecule has 2 aromatic rings. The zero-order valence-electron chi connectivity index (χ0n) is 17.7. The smallest absolute Gasteiger partial charge is 0.397 e. The summed E-state index contributed by atoms with van der Waals surface area (Å²) in [5.41, 5.74) is 0.681. The van der Waals surface area contributed by atoms with Crippen molar-refractivity contribution in [3.63, 3.8) is 0 Å². The molecule has 0 heterocycles. The van der Waals surface area contributed by atoms with Crippen molar-refractivity contribution in [2.75, 3.05) is 0 Å². The first-order valence-electron chi connectivity index (χ1n) is 10.8. The fraction of sp³-hybridized carbons (Fsp3) is 0.500. The van der Waals surface area contributed by atoms with Gasteiger partial charge in [-0.15, -0.1) is 0 Å². The van der Waals surface area contributed by atoms with Crippen molar-refractivity contribution >= 4 is 0 Å². The number of hydrogen-bond acceptors (Lipinski definition) is 1. The molecule has 0 atom stereocenters. The Morgan fingerprint density at radius 2 is 1.50 bits per heavy atom.